The molecule has 0 spiro atoms. The molecule has 2 rings (SSSR count). The van der Waals surface area contributed by atoms with Gasteiger partial charge in [0.15, 0.2) is 0 Å². The highest BCUT2D eigenvalue weighted by atomic mass is 32.1. The zero-order chi connectivity index (χ0) is 12.1. The van der Waals surface area contributed by atoms with Gasteiger partial charge in [-0.25, -0.2) is 0 Å². The Hall–Kier alpha value is -0.460. The molecule has 96 valence electrons. The maximum absolute atomic E-state index is 9.89. The van der Waals surface area contributed by atoms with E-state index in [1.165, 1.54) is 0 Å². The third-order valence-corrected chi connectivity index (χ3v) is 3.90. The summed E-state index contributed by atoms with van der Waals surface area (Å²) < 4.78 is 5.64. The Morgan fingerprint density at radius 2 is 2.59 bits per heavy atom. The lowest BCUT2D eigenvalue weighted by Gasteiger charge is -2.30. The van der Waals surface area contributed by atoms with E-state index in [-0.39, 0.29) is 6.10 Å². The van der Waals surface area contributed by atoms with Crippen molar-refractivity contribution in [3.63, 3.8) is 0 Å². The first-order valence-corrected chi connectivity index (χ1v) is 6.86. The molecule has 1 saturated heterocycles. The third kappa shape index (κ3) is 4.04. The van der Waals surface area contributed by atoms with Gasteiger partial charge in [-0.1, -0.05) is 6.07 Å². The number of nitrogens with zero attached hydrogens (tertiary/aromatic N) is 1. The predicted molar refractivity (Wildman–Crippen MR) is 69.4 cm³/mol. The summed E-state index contributed by atoms with van der Waals surface area (Å²) in [5.74, 6) is 0. The van der Waals surface area contributed by atoms with Gasteiger partial charge in [0.05, 0.1) is 12.7 Å². The summed E-state index contributed by atoms with van der Waals surface area (Å²) in [5.41, 5.74) is 0. The van der Waals surface area contributed by atoms with Crippen molar-refractivity contribution in [3.8, 4) is 0 Å². The molecule has 0 radical (unpaired) electrons. The van der Waals surface area contributed by atoms with Crippen LogP contribution in [0.15, 0.2) is 17.5 Å². The third-order valence-electron chi connectivity index (χ3n) is 2.92. The average Bonchev–Trinajstić information content (AvgIpc) is 2.82. The van der Waals surface area contributed by atoms with E-state index in [0.29, 0.717) is 6.54 Å². The van der Waals surface area contributed by atoms with Gasteiger partial charge >= 0.3 is 0 Å². The van der Waals surface area contributed by atoms with Gasteiger partial charge in [0.1, 0.15) is 6.10 Å². The summed E-state index contributed by atoms with van der Waals surface area (Å²) in [6.07, 6.45) is -0.166. The first-order valence-electron chi connectivity index (χ1n) is 5.98. The minimum atomic E-state index is -0.406. The maximum Gasteiger partial charge on any atom is 0.101 e. The minimum Gasteiger partial charge on any atom is -0.386 e. The quantitative estimate of drug-likeness (QED) is 0.814. The number of nitrogens with one attached hydrogen (secondary N) is 1. The molecule has 17 heavy (non-hydrogen) atoms. The fourth-order valence-corrected chi connectivity index (χ4v) is 2.66. The van der Waals surface area contributed by atoms with Gasteiger partial charge in [-0.05, 0) is 18.5 Å². The molecule has 0 bridgehead atoms. The molecule has 5 heteroatoms. The molecule has 0 saturated carbocycles. The molecule has 0 aromatic carbocycles. The summed E-state index contributed by atoms with van der Waals surface area (Å²) in [5, 5.41) is 15.1. The lowest BCUT2D eigenvalue weighted by molar-refractivity contribution is -0.0191. The Morgan fingerprint density at radius 3 is 3.29 bits per heavy atom. The highest BCUT2D eigenvalue weighted by Gasteiger charge is 2.17. The largest absolute Gasteiger partial charge is 0.386 e. The fraction of sp³-hybridized carbons (Fsp3) is 0.667. The lowest BCUT2D eigenvalue weighted by atomic mass is 10.2. The fourth-order valence-electron chi connectivity index (χ4n) is 1.95. The van der Waals surface area contributed by atoms with Crippen molar-refractivity contribution >= 4 is 11.3 Å². The second kappa shape index (κ2) is 6.47. The van der Waals surface area contributed by atoms with Crippen molar-refractivity contribution < 1.29 is 9.84 Å². The first kappa shape index (κ1) is 13.0. The predicted octanol–water partition coefficient (Wildman–Crippen LogP) is 0.702. The summed E-state index contributed by atoms with van der Waals surface area (Å²) >= 11 is 1.59. The normalized spacial score (nSPS) is 23.8. The van der Waals surface area contributed by atoms with Crippen LogP contribution in [-0.4, -0.2) is 55.9 Å². The van der Waals surface area contributed by atoms with E-state index in [1.807, 2.05) is 17.5 Å². The van der Waals surface area contributed by atoms with Gasteiger partial charge in [0.2, 0.25) is 0 Å². The smallest absolute Gasteiger partial charge is 0.101 e. The van der Waals surface area contributed by atoms with E-state index in [9.17, 15) is 5.11 Å². The minimum absolute atomic E-state index is 0.240. The van der Waals surface area contributed by atoms with Gasteiger partial charge in [-0.15, -0.1) is 11.3 Å². The van der Waals surface area contributed by atoms with Crippen molar-refractivity contribution in [2.24, 2.45) is 0 Å². The van der Waals surface area contributed by atoms with Crippen molar-refractivity contribution in [1.82, 2.24) is 10.2 Å². The number of hydrogen-bond acceptors (Lipinski definition) is 5. The van der Waals surface area contributed by atoms with Crippen molar-refractivity contribution in [1.29, 1.82) is 0 Å². The van der Waals surface area contributed by atoms with Gasteiger partial charge in [0.25, 0.3) is 0 Å². The van der Waals surface area contributed by atoms with Crippen LogP contribution in [0.25, 0.3) is 0 Å². The molecule has 2 atom stereocenters. The van der Waals surface area contributed by atoms with Crippen molar-refractivity contribution in [2.75, 3.05) is 39.8 Å². The molecule has 2 heterocycles. The molecule has 2 unspecified atom stereocenters. The monoisotopic (exact) mass is 256 g/mol. The maximum atomic E-state index is 9.89. The molecule has 4 nitrogen and oxygen atoms in total. The number of likely N-dealkylation sites (N-methyl/N-ethyl adjacent to an activating group) is 1. The summed E-state index contributed by atoms with van der Waals surface area (Å²) in [6, 6.07) is 3.92. The van der Waals surface area contributed by atoms with Crippen LogP contribution in [0.4, 0.5) is 0 Å². The van der Waals surface area contributed by atoms with E-state index in [0.717, 1.165) is 31.1 Å². The van der Waals surface area contributed by atoms with Gasteiger partial charge in [0, 0.05) is 31.1 Å². The molecule has 1 aliphatic rings. The molecular weight excluding hydrogens is 236 g/mol. The van der Waals surface area contributed by atoms with E-state index >= 15 is 0 Å². The van der Waals surface area contributed by atoms with Gasteiger partial charge in [-0.2, -0.15) is 0 Å². The Kier molecular flexibility index (Phi) is 4.94. The second-order valence-electron chi connectivity index (χ2n) is 4.44. The molecule has 1 aromatic rings. The van der Waals surface area contributed by atoms with Gasteiger partial charge in [-0.3, -0.25) is 0 Å². The van der Waals surface area contributed by atoms with E-state index in [1.54, 1.807) is 11.3 Å². The number of morpholine rings is 1. The van der Waals surface area contributed by atoms with Crippen molar-refractivity contribution in [3.05, 3.63) is 22.4 Å². The SMILES string of the molecule is CN1CCOC(CNCC(O)c2cccs2)C1. The van der Waals surface area contributed by atoms with Crippen LogP contribution in [0, 0.1) is 0 Å². The van der Waals surface area contributed by atoms with Gasteiger partial charge < -0.3 is 20.1 Å². The van der Waals surface area contributed by atoms with Crippen LogP contribution < -0.4 is 5.32 Å². The molecule has 1 aliphatic heterocycles. The van der Waals surface area contributed by atoms with Crippen LogP contribution in [0.3, 0.4) is 0 Å². The number of ether oxygens (including phenoxy) is 1. The number of aliphatic hydroxyl groups excluding tert-OH is 1. The van der Waals surface area contributed by atoms with E-state index < -0.39 is 6.10 Å². The Morgan fingerprint density at radius 1 is 1.71 bits per heavy atom. The van der Waals surface area contributed by atoms with E-state index in [4.69, 9.17) is 4.74 Å². The standard InChI is InChI=1S/C12H20N2O2S/c1-14-4-5-16-10(9-14)7-13-8-11(15)12-3-2-6-17-12/h2-3,6,10-11,13,15H,4-5,7-9H2,1H3. The molecule has 2 N–H and O–H groups in total. The van der Waals surface area contributed by atoms with Crippen LogP contribution in [-0.2, 0) is 4.74 Å². The van der Waals surface area contributed by atoms with Crippen LogP contribution in [0.2, 0.25) is 0 Å². The summed E-state index contributed by atoms with van der Waals surface area (Å²) in [7, 11) is 2.11. The van der Waals surface area contributed by atoms with Crippen LogP contribution >= 0.6 is 11.3 Å². The summed E-state index contributed by atoms with van der Waals surface area (Å²) in [4.78, 5) is 3.28. The Balaban J connectivity index is 1.65. The molecule has 0 aliphatic carbocycles. The zero-order valence-corrected chi connectivity index (χ0v) is 10.9. The number of rotatable bonds is 5. The highest BCUT2D eigenvalue weighted by Crippen LogP contribution is 2.17. The lowest BCUT2D eigenvalue weighted by Crippen LogP contribution is -2.45. The second-order valence-corrected chi connectivity index (χ2v) is 5.42. The van der Waals surface area contributed by atoms with Crippen molar-refractivity contribution in [2.45, 2.75) is 12.2 Å². The Labute approximate surface area is 106 Å². The number of hydrogen-bond donors (Lipinski definition) is 2. The van der Waals surface area contributed by atoms with Crippen LogP contribution in [0.5, 0.6) is 0 Å². The summed E-state index contributed by atoms with van der Waals surface area (Å²) in [6.45, 7) is 4.16. The molecule has 1 fully saturated rings. The first-order chi connectivity index (χ1) is 8.25. The molecular formula is C12H20N2O2S. The topological polar surface area (TPSA) is 44.7 Å². The Bertz CT molecular complexity index is 318. The number of aliphatic hydroxyl groups is 1. The average molecular weight is 256 g/mol. The van der Waals surface area contributed by atoms with E-state index in [2.05, 4.69) is 17.3 Å². The molecule has 1 aromatic heterocycles. The number of thiophene rings is 1. The molecule has 0 amide bonds. The highest BCUT2D eigenvalue weighted by molar-refractivity contribution is 7.10. The van der Waals surface area contributed by atoms with Crippen LogP contribution in [0.1, 0.15) is 11.0 Å². The zero-order valence-electron chi connectivity index (χ0n) is 10.1.